The molecule has 0 amide bonds. The third-order valence-electron chi connectivity index (χ3n) is 3.30. The van der Waals surface area contributed by atoms with Gasteiger partial charge in [0.25, 0.3) is 0 Å². The van der Waals surface area contributed by atoms with Crippen LogP contribution in [0.3, 0.4) is 0 Å². The van der Waals surface area contributed by atoms with Crippen LogP contribution in [-0.4, -0.2) is 25.1 Å². The number of nitrogens with one attached hydrogen (secondary N) is 1. The van der Waals surface area contributed by atoms with Crippen molar-refractivity contribution in [3.63, 3.8) is 0 Å². The highest BCUT2D eigenvalue weighted by molar-refractivity contribution is 5.01. The maximum atomic E-state index is 4.42. The number of aryl methyl sites for hydroxylation is 1. The van der Waals surface area contributed by atoms with E-state index in [-0.39, 0.29) is 0 Å². The molecule has 2 aromatic rings. The van der Waals surface area contributed by atoms with Crippen LogP contribution in [0.25, 0.3) is 0 Å². The molecule has 0 spiro atoms. The summed E-state index contributed by atoms with van der Waals surface area (Å²) in [4.78, 5) is 8.79. The number of aromatic nitrogens is 4. The molecule has 5 nitrogen and oxygen atoms in total. The van der Waals surface area contributed by atoms with Gasteiger partial charge in [0, 0.05) is 37.7 Å². The van der Waals surface area contributed by atoms with E-state index < -0.39 is 0 Å². The van der Waals surface area contributed by atoms with Gasteiger partial charge in [-0.15, -0.1) is 0 Å². The molecule has 0 aromatic carbocycles. The molecule has 1 aliphatic carbocycles. The van der Waals surface area contributed by atoms with Gasteiger partial charge in [0.05, 0.1) is 18.6 Å². The number of hydrogen-bond acceptors (Lipinski definition) is 3. The van der Waals surface area contributed by atoms with Gasteiger partial charge in [-0.3, -0.25) is 0 Å². The SMILES string of the molecule is CCn1ccnc1Cn1cnc(CNC2CC2)c1. The molecule has 96 valence electrons. The van der Waals surface area contributed by atoms with Crippen molar-refractivity contribution in [1.29, 1.82) is 0 Å². The van der Waals surface area contributed by atoms with Crippen LogP contribution in [0.1, 0.15) is 31.3 Å². The molecule has 2 aromatic heterocycles. The molecule has 0 atom stereocenters. The Morgan fingerprint density at radius 3 is 3.06 bits per heavy atom. The van der Waals surface area contributed by atoms with Crippen molar-refractivity contribution in [2.75, 3.05) is 0 Å². The van der Waals surface area contributed by atoms with E-state index in [1.54, 1.807) is 0 Å². The molecule has 3 rings (SSSR count). The molecule has 5 heteroatoms. The van der Waals surface area contributed by atoms with Crippen molar-refractivity contribution in [1.82, 2.24) is 24.4 Å². The van der Waals surface area contributed by atoms with Gasteiger partial charge >= 0.3 is 0 Å². The minimum atomic E-state index is 0.731. The van der Waals surface area contributed by atoms with Gasteiger partial charge in [-0.05, 0) is 19.8 Å². The van der Waals surface area contributed by atoms with Crippen LogP contribution in [0.5, 0.6) is 0 Å². The Labute approximate surface area is 107 Å². The largest absolute Gasteiger partial charge is 0.334 e. The monoisotopic (exact) mass is 245 g/mol. The third-order valence-corrected chi connectivity index (χ3v) is 3.30. The Morgan fingerprint density at radius 1 is 1.39 bits per heavy atom. The van der Waals surface area contributed by atoms with Crippen LogP contribution in [0.4, 0.5) is 0 Å². The lowest BCUT2D eigenvalue weighted by Crippen LogP contribution is -2.15. The van der Waals surface area contributed by atoms with Gasteiger partial charge in [-0.25, -0.2) is 9.97 Å². The van der Waals surface area contributed by atoms with Crippen LogP contribution in [-0.2, 0) is 19.6 Å². The summed E-state index contributed by atoms with van der Waals surface area (Å²) >= 11 is 0. The first-order valence-corrected chi connectivity index (χ1v) is 6.59. The van der Waals surface area contributed by atoms with Crippen LogP contribution < -0.4 is 5.32 Å². The van der Waals surface area contributed by atoms with Crippen molar-refractivity contribution in [2.24, 2.45) is 0 Å². The molecule has 0 aliphatic heterocycles. The average molecular weight is 245 g/mol. The van der Waals surface area contributed by atoms with E-state index in [0.717, 1.165) is 37.2 Å². The van der Waals surface area contributed by atoms with Crippen molar-refractivity contribution >= 4 is 0 Å². The second-order valence-electron chi connectivity index (χ2n) is 4.82. The molecule has 0 radical (unpaired) electrons. The molecule has 1 saturated carbocycles. The molecule has 1 fully saturated rings. The quantitative estimate of drug-likeness (QED) is 0.837. The van der Waals surface area contributed by atoms with Gasteiger partial charge in [0.15, 0.2) is 0 Å². The maximum absolute atomic E-state index is 4.42. The lowest BCUT2D eigenvalue weighted by Gasteiger charge is -2.04. The third kappa shape index (κ3) is 2.61. The summed E-state index contributed by atoms with van der Waals surface area (Å²) in [6.07, 6.45) is 10.5. The minimum Gasteiger partial charge on any atom is -0.334 e. The standard InChI is InChI=1S/C13H19N5/c1-2-18-6-5-14-13(18)9-17-8-12(16-10-17)7-15-11-3-4-11/h5-6,8,10-11,15H,2-4,7,9H2,1H3. The van der Waals surface area contributed by atoms with Gasteiger partial charge in [-0.1, -0.05) is 0 Å². The number of rotatable bonds is 6. The second-order valence-corrected chi connectivity index (χ2v) is 4.82. The summed E-state index contributed by atoms with van der Waals surface area (Å²) < 4.78 is 4.25. The smallest absolute Gasteiger partial charge is 0.128 e. The topological polar surface area (TPSA) is 47.7 Å². The van der Waals surface area contributed by atoms with Crippen LogP contribution in [0.15, 0.2) is 24.9 Å². The zero-order valence-corrected chi connectivity index (χ0v) is 10.7. The highest BCUT2D eigenvalue weighted by Gasteiger charge is 2.20. The first kappa shape index (κ1) is 11.5. The molecule has 0 bridgehead atoms. The lowest BCUT2D eigenvalue weighted by atomic mass is 10.4. The average Bonchev–Trinajstić information content (AvgIpc) is 2.93. The number of hydrogen-bond donors (Lipinski definition) is 1. The molecule has 1 aliphatic rings. The zero-order valence-electron chi connectivity index (χ0n) is 10.7. The highest BCUT2D eigenvalue weighted by Crippen LogP contribution is 2.19. The lowest BCUT2D eigenvalue weighted by molar-refractivity contribution is 0.648. The van der Waals surface area contributed by atoms with Crippen molar-refractivity contribution in [3.05, 3.63) is 36.4 Å². The molecule has 0 unspecified atom stereocenters. The number of imidazole rings is 2. The summed E-state index contributed by atoms with van der Waals surface area (Å²) in [6.45, 7) is 4.75. The van der Waals surface area contributed by atoms with Crippen molar-refractivity contribution < 1.29 is 0 Å². The van der Waals surface area contributed by atoms with E-state index >= 15 is 0 Å². The fraction of sp³-hybridized carbons (Fsp3) is 0.538. The summed E-state index contributed by atoms with van der Waals surface area (Å²) in [5, 5.41) is 3.47. The normalized spacial score (nSPS) is 15.2. The predicted octanol–water partition coefficient (Wildman–Crippen LogP) is 1.40. The van der Waals surface area contributed by atoms with Crippen molar-refractivity contribution in [2.45, 2.75) is 45.4 Å². The van der Waals surface area contributed by atoms with E-state index in [1.165, 1.54) is 12.8 Å². The maximum Gasteiger partial charge on any atom is 0.128 e. The summed E-state index contributed by atoms with van der Waals surface area (Å²) in [5.41, 5.74) is 1.11. The van der Waals surface area contributed by atoms with Crippen LogP contribution in [0, 0.1) is 0 Å². The van der Waals surface area contributed by atoms with Gasteiger partial charge in [0.2, 0.25) is 0 Å². The highest BCUT2D eigenvalue weighted by atomic mass is 15.1. The Kier molecular flexibility index (Phi) is 3.15. The fourth-order valence-corrected chi connectivity index (χ4v) is 2.06. The Balaban J connectivity index is 1.61. The molecule has 2 heterocycles. The Hall–Kier alpha value is -1.62. The van der Waals surface area contributed by atoms with Gasteiger partial charge in [-0.2, -0.15) is 0 Å². The van der Waals surface area contributed by atoms with E-state index in [0.29, 0.717) is 0 Å². The minimum absolute atomic E-state index is 0.731. The van der Waals surface area contributed by atoms with Crippen LogP contribution >= 0.6 is 0 Å². The van der Waals surface area contributed by atoms with Gasteiger partial charge in [0.1, 0.15) is 5.82 Å². The first-order chi connectivity index (χ1) is 8.85. The zero-order chi connectivity index (χ0) is 12.4. The molecule has 18 heavy (non-hydrogen) atoms. The first-order valence-electron chi connectivity index (χ1n) is 6.59. The number of nitrogens with zero attached hydrogens (tertiary/aromatic N) is 4. The second kappa shape index (κ2) is 4.94. The van der Waals surface area contributed by atoms with Gasteiger partial charge < -0.3 is 14.5 Å². The van der Waals surface area contributed by atoms with E-state index in [1.807, 2.05) is 18.7 Å². The van der Waals surface area contributed by atoms with Crippen LogP contribution in [0.2, 0.25) is 0 Å². The molecule has 1 N–H and O–H groups in total. The summed E-state index contributed by atoms with van der Waals surface area (Å²) in [7, 11) is 0. The molecular weight excluding hydrogens is 226 g/mol. The van der Waals surface area contributed by atoms with E-state index in [2.05, 4.69) is 37.5 Å². The summed E-state index contributed by atoms with van der Waals surface area (Å²) in [6, 6.07) is 0.731. The Morgan fingerprint density at radius 2 is 2.28 bits per heavy atom. The van der Waals surface area contributed by atoms with E-state index in [4.69, 9.17) is 0 Å². The van der Waals surface area contributed by atoms with Crippen molar-refractivity contribution in [3.8, 4) is 0 Å². The molecule has 0 saturated heterocycles. The Bertz CT molecular complexity index is 509. The van der Waals surface area contributed by atoms with E-state index in [9.17, 15) is 0 Å². The fourth-order valence-electron chi connectivity index (χ4n) is 2.06. The molecular formula is C13H19N5. The summed E-state index contributed by atoms with van der Waals surface area (Å²) in [5.74, 6) is 1.08. The predicted molar refractivity (Wildman–Crippen MR) is 69.1 cm³/mol.